The molecule has 2 aromatic heterocycles. The molecule has 0 aromatic carbocycles. The first-order valence-corrected chi connectivity index (χ1v) is 8.55. The van der Waals surface area contributed by atoms with E-state index in [1.165, 1.54) is 0 Å². The number of halogens is 1. The smallest absolute Gasteiger partial charge is 0.374 e. The van der Waals surface area contributed by atoms with Crippen LogP contribution in [0, 0.1) is 6.92 Å². The molecule has 1 saturated heterocycles. The summed E-state index contributed by atoms with van der Waals surface area (Å²) in [6.45, 7) is 3.15. The second-order valence-corrected chi connectivity index (χ2v) is 6.29. The molecular formula is C17H19ClN4O4. The molecule has 0 radical (unpaired) electrons. The van der Waals surface area contributed by atoms with Crippen LogP contribution in [0.2, 0.25) is 5.15 Å². The Kier molecular flexibility index (Phi) is 5.41. The monoisotopic (exact) mass is 378 g/mol. The Hall–Kier alpha value is -2.61. The zero-order valence-corrected chi connectivity index (χ0v) is 15.2. The van der Waals surface area contributed by atoms with Crippen molar-refractivity contribution in [3.05, 3.63) is 34.9 Å². The van der Waals surface area contributed by atoms with Crippen molar-refractivity contribution < 1.29 is 19.4 Å². The lowest BCUT2D eigenvalue weighted by molar-refractivity contribution is 0.0683. The number of pyridine rings is 1. The number of aromatic nitrogens is 3. The average molecular weight is 379 g/mol. The maximum atomic E-state index is 11.2. The molecule has 0 aliphatic carbocycles. The van der Waals surface area contributed by atoms with Gasteiger partial charge in [-0.25, -0.2) is 19.7 Å². The van der Waals surface area contributed by atoms with E-state index in [9.17, 15) is 4.79 Å². The summed E-state index contributed by atoms with van der Waals surface area (Å²) >= 11 is 6.06. The molecule has 0 amide bonds. The molecule has 0 atom stereocenters. The van der Waals surface area contributed by atoms with Gasteiger partial charge in [0.25, 0.3) is 0 Å². The maximum absolute atomic E-state index is 11.2. The van der Waals surface area contributed by atoms with E-state index in [1.807, 2.05) is 11.0 Å². The Labute approximate surface area is 155 Å². The number of aromatic carboxylic acids is 1. The first-order chi connectivity index (χ1) is 12.5. The van der Waals surface area contributed by atoms with Crippen LogP contribution in [-0.2, 0) is 0 Å². The normalized spacial score (nSPS) is 15.0. The molecule has 2 aromatic rings. The number of rotatable bonds is 5. The second-order valence-electron chi connectivity index (χ2n) is 5.93. The average Bonchev–Trinajstić information content (AvgIpc) is 2.65. The van der Waals surface area contributed by atoms with Crippen molar-refractivity contribution in [2.24, 2.45) is 0 Å². The van der Waals surface area contributed by atoms with Crippen molar-refractivity contribution in [3.63, 3.8) is 0 Å². The molecule has 26 heavy (non-hydrogen) atoms. The fourth-order valence-electron chi connectivity index (χ4n) is 2.82. The van der Waals surface area contributed by atoms with E-state index < -0.39 is 5.97 Å². The lowest BCUT2D eigenvalue weighted by Gasteiger charge is -2.33. The van der Waals surface area contributed by atoms with Crippen molar-refractivity contribution in [2.75, 3.05) is 25.1 Å². The van der Waals surface area contributed by atoms with E-state index in [2.05, 4.69) is 15.0 Å². The van der Waals surface area contributed by atoms with Crippen LogP contribution in [0.4, 0.5) is 5.82 Å². The molecule has 0 spiro atoms. The Morgan fingerprint density at radius 1 is 1.31 bits per heavy atom. The molecule has 0 bridgehead atoms. The molecule has 1 aliphatic heterocycles. The van der Waals surface area contributed by atoms with Crippen molar-refractivity contribution in [1.82, 2.24) is 15.0 Å². The van der Waals surface area contributed by atoms with Gasteiger partial charge in [-0.15, -0.1) is 0 Å². The summed E-state index contributed by atoms with van der Waals surface area (Å²) in [7, 11) is 1.57. The van der Waals surface area contributed by atoms with Crippen LogP contribution >= 0.6 is 11.6 Å². The van der Waals surface area contributed by atoms with Crippen molar-refractivity contribution >= 4 is 23.4 Å². The molecular weight excluding hydrogens is 360 g/mol. The van der Waals surface area contributed by atoms with Crippen molar-refractivity contribution in [3.8, 4) is 11.6 Å². The molecule has 9 heteroatoms. The first-order valence-electron chi connectivity index (χ1n) is 8.17. The number of piperidine rings is 1. The van der Waals surface area contributed by atoms with Crippen LogP contribution in [0.3, 0.4) is 0 Å². The fourth-order valence-corrected chi connectivity index (χ4v) is 2.98. The molecule has 3 rings (SSSR count). The van der Waals surface area contributed by atoms with Gasteiger partial charge in [-0.3, -0.25) is 0 Å². The highest BCUT2D eigenvalue weighted by molar-refractivity contribution is 6.30. The summed E-state index contributed by atoms with van der Waals surface area (Å²) < 4.78 is 11.0. The molecule has 8 nitrogen and oxygen atoms in total. The minimum absolute atomic E-state index is 0.0537. The highest BCUT2D eigenvalue weighted by Gasteiger charge is 2.25. The standard InChI is InChI=1S/C17H19ClN4O4/c1-10-14(18)20-15(17(23)24)21-16(10)22-7-5-11(6-8-22)26-12-3-4-13(25-2)19-9-12/h3-4,9,11H,5-8H2,1-2H3,(H,23,24). The minimum Gasteiger partial charge on any atom is -0.489 e. The Morgan fingerprint density at radius 2 is 2.04 bits per heavy atom. The van der Waals surface area contributed by atoms with Gasteiger partial charge in [-0.1, -0.05) is 11.6 Å². The van der Waals surface area contributed by atoms with Gasteiger partial charge in [-0.2, -0.15) is 0 Å². The Bertz CT molecular complexity index is 792. The van der Waals surface area contributed by atoms with E-state index in [4.69, 9.17) is 26.2 Å². The van der Waals surface area contributed by atoms with E-state index in [-0.39, 0.29) is 17.1 Å². The summed E-state index contributed by atoms with van der Waals surface area (Å²) in [6, 6.07) is 3.58. The summed E-state index contributed by atoms with van der Waals surface area (Å²) in [6.07, 6.45) is 3.24. The molecule has 1 N–H and O–H groups in total. The predicted octanol–water partition coefficient (Wildman–Crippen LogP) is 2.59. The molecule has 1 aliphatic rings. The minimum atomic E-state index is -1.20. The largest absolute Gasteiger partial charge is 0.489 e. The summed E-state index contributed by atoms with van der Waals surface area (Å²) in [5.74, 6) is 0.305. The number of nitrogens with zero attached hydrogens (tertiary/aromatic N) is 4. The van der Waals surface area contributed by atoms with Crippen LogP contribution in [0.1, 0.15) is 29.0 Å². The fraction of sp³-hybridized carbons (Fsp3) is 0.412. The van der Waals surface area contributed by atoms with Gasteiger partial charge in [0.2, 0.25) is 11.7 Å². The lowest BCUT2D eigenvalue weighted by Crippen LogP contribution is -2.39. The number of carbonyl (C=O) groups is 1. The van der Waals surface area contributed by atoms with Crippen LogP contribution in [-0.4, -0.2) is 52.3 Å². The van der Waals surface area contributed by atoms with Gasteiger partial charge >= 0.3 is 5.97 Å². The van der Waals surface area contributed by atoms with Crippen LogP contribution in [0.5, 0.6) is 11.6 Å². The number of ether oxygens (including phenoxy) is 2. The number of hydrogen-bond donors (Lipinski definition) is 1. The third kappa shape index (κ3) is 3.96. The maximum Gasteiger partial charge on any atom is 0.374 e. The SMILES string of the molecule is COc1ccc(OC2CCN(c3nc(C(=O)O)nc(Cl)c3C)CC2)cn1. The second kappa shape index (κ2) is 7.74. The number of methoxy groups -OCH3 is 1. The van der Waals surface area contributed by atoms with E-state index in [0.717, 1.165) is 12.8 Å². The van der Waals surface area contributed by atoms with Crippen LogP contribution in [0.25, 0.3) is 0 Å². The van der Waals surface area contributed by atoms with Gasteiger partial charge in [0.1, 0.15) is 22.8 Å². The van der Waals surface area contributed by atoms with E-state index in [0.29, 0.717) is 36.1 Å². The Morgan fingerprint density at radius 3 is 2.62 bits per heavy atom. The van der Waals surface area contributed by atoms with Gasteiger partial charge in [0.15, 0.2) is 0 Å². The third-order valence-electron chi connectivity index (χ3n) is 4.21. The summed E-state index contributed by atoms with van der Waals surface area (Å²) in [4.78, 5) is 25.3. The summed E-state index contributed by atoms with van der Waals surface area (Å²) in [5, 5.41) is 9.29. The number of anilines is 1. The first kappa shape index (κ1) is 18.2. The number of carboxylic acids is 1. The molecule has 138 valence electrons. The quantitative estimate of drug-likeness (QED) is 0.793. The lowest BCUT2D eigenvalue weighted by atomic mass is 10.1. The zero-order chi connectivity index (χ0) is 18.7. The third-order valence-corrected chi connectivity index (χ3v) is 4.58. The Balaban J connectivity index is 1.65. The number of carboxylic acid groups (broad SMARTS) is 1. The van der Waals surface area contributed by atoms with E-state index >= 15 is 0 Å². The van der Waals surface area contributed by atoms with Gasteiger partial charge in [-0.05, 0) is 13.0 Å². The van der Waals surface area contributed by atoms with Crippen molar-refractivity contribution in [2.45, 2.75) is 25.9 Å². The molecule has 1 fully saturated rings. The molecule has 3 heterocycles. The van der Waals surface area contributed by atoms with E-state index in [1.54, 1.807) is 26.3 Å². The zero-order valence-electron chi connectivity index (χ0n) is 14.5. The predicted molar refractivity (Wildman–Crippen MR) is 95.4 cm³/mol. The van der Waals surface area contributed by atoms with Gasteiger partial charge in [0, 0.05) is 37.6 Å². The van der Waals surface area contributed by atoms with Gasteiger partial charge in [0.05, 0.1) is 13.3 Å². The van der Waals surface area contributed by atoms with Crippen molar-refractivity contribution in [1.29, 1.82) is 0 Å². The highest BCUT2D eigenvalue weighted by Crippen LogP contribution is 2.27. The number of hydrogen-bond acceptors (Lipinski definition) is 7. The molecule has 0 unspecified atom stereocenters. The van der Waals surface area contributed by atoms with Crippen LogP contribution < -0.4 is 14.4 Å². The van der Waals surface area contributed by atoms with Gasteiger partial charge < -0.3 is 19.5 Å². The summed E-state index contributed by atoms with van der Waals surface area (Å²) in [5.41, 5.74) is 0.676. The molecule has 0 saturated carbocycles. The topological polar surface area (TPSA) is 97.7 Å². The highest BCUT2D eigenvalue weighted by atomic mass is 35.5. The van der Waals surface area contributed by atoms with Crippen LogP contribution in [0.15, 0.2) is 18.3 Å².